The Labute approximate surface area is 276 Å². The predicted molar refractivity (Wildman–Crippen MR) is 177 cm³/mol. The standard InChI is InChI=1S/C20H39F2N3O3.C11H17N3O3S/c1-12(2)7-16(23-6)18(26)9-14(5)19(27)25-17(8-13(3)4)20(28)24-15(10-21)11-22;1-9-3-5-12-14(9)8-17-11(16)13-10(7-15)4-6-18-2/h12-18,23,26H,7-11H2,1-6H3,(H,24,28)(H,25,27);3,5,7,10H,4,6,8H2,1-2H3,(H,13,16)/t14-,16+,17+,18+;10-/m10/s1. The second kappa shape index (κ2) is 24.4. The average Bonchev–Trinajstić information content (AvgIpc) is 3.43. The molecule has 12 nitrogen and oxygen atoms in total. The maximum absolute atomic E-state index is 12.7. The lowest BCUT2D eigenvalue weighted by molar-refractivity contribution is -0.132. The molecule has 266 valence electrons. The van der Waals surface area contributed by atoms with Crippen LogP contribution in [0.4, 0.5) is 13.6 Å². The summed E-state index contributed by atoms with van der Waals surface area (Å²) in [5.41, 5.74) is 0.900. The van der Waals surface area contributed by atoms with Crippen LogP contribution in [0.25, 0.3) is 0 Å². The molecule has 0 aliphatic rings. The summed E-state index contributed by atoms with van der Waals surface area (Å²) < 4.78 is 31.9. The number of thioether (sulfide) groups is 1. The van der Waals surface area contributed by atoms with Crippen LogP contribution in [0.15, 0.2) is 12.3 Å². The Morgan fingerprint density at radius 1 is 1.02 bits per heavy atom. The number of alkyl carbamates (subject to hydrolysis) is 1. The zero-order valence-corrected chi connectivity index (χ0v) is 29.4. The number of aromatic nitrogens is 2. The topological polar surface area (TPSA) is 164 Å². The summed E-state index contributed by atoms with van der Waals surface area (Å²) >= 11 is 1.62. The van der Waals surface area contributed by atoms with Crippen molar-refractivity contribution in [2.24, 2.45) is 17.8 Å². The van der Waals surface area contributed by atoms with E-state index in [2.05, 4.69) is 40.2 Å². The molecule has 0 bridgehead atoms. The normalized spacial score (nSPS) is 14.5. The van der Waals surface area contributed by atoms with Crippen LogP contribution in [0.3, 0.4) is 0 Å². The van der Waals surface area contributed by atoms with Crippen LogP contribution in [0.5, 0.6) is 0 Å². The van der Waals surface area contributed by atoms with E-state index in [-0.39, 0.29) is 31.0 Å². The zero-order chi connectivity index (χ0) is 35.2. The van der Waals surface area contributed by atoms with Crippen molar-refractivity contribution in [2.45, 2.75) is 104 Å². The Hall–Kier alpha value is -2.78. The number of carbonyl (C=O) groups excluding carboxylic acids is 4. The summed E-state index contributed by atoms with van der Waals surface area (Å²) in [6, 6.07) is -0.883. The van der Waals surface area contributed by atoms with Gasteiger partial charge in [0.25, 0.3) is 0 Å². The molecule has 5 N–H and O–H groups in total. The molecule has 15 heteroatoms. The molecule has 1 aromatic rings. The number of hydrogen-bond acceptors (Lipinski definition) is 9. The lowest BCUT2D eigenvalue weighted by atomic mass is 9.92. The van der Waals surface area contributed by atoms with Crippen LogP contribution >= 0.6 is 11.8 Å². The predicted octanol–water partition coefficient (Wildman–Crippen LogP) is 3.16. The lowest BCUT2D eigenvalue weighted by Gasteiger charge is -2.27. The van der Waals surface area contributed by atoms with Gasteiger partial charge in [-0.25, -0.2) is 18.3 Å². The first-order chi connectivity index (χ1) is 21.7. The summed E-state index contributed by atoms with van der Waals surface area (Å²) in [5, 5.41) is 25.0. The molecule has 0 aliphatic carbocycles. The molecule has 0 spiro atoms. The quantitative estimate of drug-likeness (QED) is 0.123. The third kappa shape index (κ3) is 18.4. The maximum Gasteiger partial charge on any atom is 0.409 e. The Kier molecular flexibility index (Phi) is 22.9. The number of nitrogens with one attached hydrogen (secondary N) is 4. The van der Waals surface area contributed by atoms with E-state index >= 15 is 0 Å². The van der Waals surface area contributed by atoms with Gasteiger partial charge in [-0.15, -0.1) is 0 Å². The van der Waals surface area contributed by atoms with E-state index in [1.165, 1.54) is 0 Å². The van der Waals surface area contributed by atoms with Gasteiger partial charge in [0.05, 0.1) is 18.2 Å². The van der Waals surface area contributed by atoms with Crippen molar-refractivity contribution in [2.75, 3.05) is 32.4 Å². The van der Waals surface area contributed by atoms with Crippen LogP contribution < -0.4 is 21.3 Å². The number of hydrogen-bond donors (Lipinski definition) is 5. The van der Waals surface area contributed by atoms with Crippen LogP contribution in [-0.2, 0) is 25.9 Å². The number of ether oxygens (including phenoxy) is 1. The highest BCUT2D eigenvalue weighted by atomic mass is 32.2. The number of aliphatic hydroxyl groups excluding tert-OH is 1. The molecule has 1 aromatic heterocycles. The fourth-order valence-corrected chi connectivity index (χ4v) is 4.80. The van der Waals surface area contributed by atoms with Crippen molar-refractivity contribution in [1.29, 1.82) is 0 Å². The van der Waals surface area contributed by atoms with Gasteiger partial charge in [0, 0.05) is 23.9 Å². The van der Waals surface area contributed by atoms with Gasteiger partial charge in [-0.3, -0.25) is 9.59 Å². The highest BCUT2D eigenvalue weighted by Crippen LogP contribution is 2.16. The molecule has 0 aliphatic heterocycles. The van der Waals surface area contributed by atoms with Gasteiger partial charge in [-0.05, 0) is 69.6 Å². The van der Waals surface area contributed by atoms with Gasteiger partial charge in [-0.1, -0.05) is 34.6 Å². The highest BCUT2D eigenvalue weighted by Gasteiger charge is 2.28. The largest absolute Gasteiger partial charge is 0.426 e. The smallest absolute Gasteiger partial charge is 0.409 e. The molecule has 46 heavy (non-hydrogen) atoms. The van der Waals surface area contributed by atoms with E-state index in [0.29, 0.717) is 18.8 Å². The number of rotatable bonds is 21. The van der Waals surface area contributed by atoms with Crippen molar-refractivity contribution < 1.29 is 37.8 Å². The number of likely N-dealkylation sites (N-methyl/N-ethyl adjacent to an activating group) is 1. The van der Waals surface area contributed by atoms with Gasteiger partial charge < -0.3 is 35.9 Å². The van der Waals surface area contributed by atoms with Crippen LogP contribution in [0.2, 0.25) is 0 Å². The van der Waals surface area contributed by atoms with Gasteiger partial charge in [0.15, 0.2) is 6.73 Å². The number of alkyl halides is 2. The number of nitrogens with zero attached hydrogens (tertiary/aromatic N) is 2. The second-order valence-electron chi connectivity index (χ2n) is 12.1. The summed E-state index contributed by atoms with van der Waals surface area (Å²) in [6.07, 6.45) is 4.96. The highest BCUT2D eigenvalue weighted by molar-refractivity contribution is 7.98. The van der Waals surface area contributed by atoms with E-state index in [0.717, 1.165) is 24.2 Å². The van der Waals surface area contributed by atoms with Gasteiger partial charge >= 0.3 is 6.09 Å². The molecule has 0 fully saturated rings. The van der Waals surface area contributed by atoms with E-state index in [1.54, 1.807) is 36.6 Å². The minimum atomic E-state index is -1.20. The number of halogens is 2. The van der Waals surface area contributed by atoms with Crippen molar-refractivity contribution in [1.82, 2.24) is 31.0 Å². The Balaban J connectivity index is 0.000000964. The van der Waals surface area contributed by atoms with E-state index in [1.807, 2.05) is 33.1 Å². The molecule has 0 radical (unpaired) electrons. The number of aliphatic hydroxyl groups is 1. The molecule has 3 amide bonds. The molecule has 0 unspecified atom stereocenters. The minimum Gasteiger partial charge on any atom is -0.426 e. The van der Waals surface area contributed by atoms with Crippen molar-refractivity contribution >= 4 is 36.0 Å². The second-order valence-corrected chi connectivity index (χ2v) is 13.1. The van der Waals surface area contributed by atoms with Crippen molar-refractivity contribution in [3.63, 3.8) is 0 Å². The molecule has 0 saturated carbocycles. The molecule has 5 atom stereocenters. The Morgan fingerprint density at radius 2 is 1.65 bits per heavy atom. The molecular formula is C31H56F2N6O6S. The van der Waals surface area contributed by atoms with Crippen LogP contribution in [-0.4, -0.2) is 102 Å². The number of aryl methyl sites for hydroxylation is 1. The summed E-state index contributed by atoms with van der Waals surface area (Å²) in [4.78, 5) is 47.1. The maximum atomic E-state index is 12.7. The number of aldehydes is 1. The molecule has 1 rings (SSSR count). The lowest BCUT2D eigenvalue weighted by Crippen LogP contribution is -2.52. The van der Waals surface area contributed by atoms with Crippen LogP contribution in [0, 0.1) is 24.7 Å². The zero-order valence-electron chi connectivity index (χ0n) is 28.6. The average molecular weight is 679 g/mol. The van der Waals surface area contributed by atoms with Crippen molar-refractivity contribution in [3.05, 3.63) is 18.0 Å². The summed E-state index contributed by atoms with van der Waals surface area (Å²) in [6.45, 7) is 9.49. The SMILES string of the molecule is CN[C@@H](CC(C)C)[C@@H](O)C[C@@H](C)C(=O)N[C@@H](CC(C)C)C(=O)NC(CF)CF.CSCC[C@@H](C=O)NC(=O)OCn1nccc1C. The fourth-order valence-electron chi connectivity index (χ4n) is 4.31. The fraction of sp³-hybridized carbons (Fsp3) is 0.774. The molecule has 0 aromatic carbocycles. The summed E-state index contributed by atoms with van der Waals surface area (Å²) in [7, 11) is 1.77. The monoisotopic (exact) mass is 678 g/mol. The first-order valence-corrected chi connectivity index (χ1v) is 17.1. The van der Waals surface area contributed by atoms with E-state index in [9.17, 15) is 33.1 Å². The van der Waals surface area contributed by atoms with Gasteiger partial charge in [0.1, 0.15) is 25.7 Å². The first-order valence-electron chi connectivity index (χ1n) is 15.7. The van der Waals surface area contributed by atoms with Crippen molar-refractivity contribution in [3.8, 4) is 0 Å². The minimum absolute atomic E-state index is 0.0404. The molecule has 1 heterocycles. The third-order valence-electron chi connectivity index (χ3n) is 7.01. The first kappa shape index (κ1) is 43.2. The third-order valence-corrected chi connectivity index (χ3v) is 7.65. The van der Waals surface area contributed by atoms with Gasteiger partial charge in [-0.2, -0.15) is 16.9 Å². The van der Waals surface area contributed by atoms with E-state index < -0.39 is 55.5 Å². The van der Waals surface area contributed by atoms with Crippen LogP contribution in [0.1, 0.15) is 66.0 Å². The molecular weight excluding hydrogens is 622 g/mol. The van der Waals surface area contributed by atoms with E-state index in [4.69, 9.17) is 4.74 Å². The van der Waals surface area contributed by atoms with Gasteiger partial charge in [0.2, 0.25) is 11.8 Å². The number of amides is 3. The Bertz CT molecular complexity index is 1010. The molecule has 0 saturated heterocycles. The Morgan fingerprint density at radius 3 is 2.13 bits per heavy atom. The number of carbonyl (C=O) groups is 4. The summed E-state index contributed by atoms with van der Waals surface area (Å²) in [5.74, 6) is -0.166.